The molecule has 0 aromatic carbocycles. The van der Waals surface area contributed by atoms with E-state index in [9.17, 15) is 18.0 Å². The van der Waals surface area contributed by atoms with Crippen LogP contribution in [0.1, 0.15) is 5.56 Å². The molecule has 0 spiro atoms. The quantitative estimate of drug-likeness (QED) is 0.844. The van der Waals surface area contributed by atoms with Crippen LogP contribution in [0, 0.1) is 0 Å². The van der Waals surface area contributed by atoms with Crippen LogP contribution in [0.2, 0.25) is 0 Å². The summed E-state index contributed by atoms with van der Waals surface area (Å²) in [7, 11) is 0. The summed E-state index contributed by atoms with van der Waals surface area (Å²) in [5, 5.41) is 0.641. The maximum absolute atomic E-state index is 12.4. The molecule has 0 saturated heterocycles. The molecule has 9 heteroatoms. The first-order chi connectivity index (χ1) is 8.88. The van der Waals surface area contributed by atoms with Crippen molar-refractivity contribution in [1.82, 2.24) is 15.0 Å². The molecule has 4 nitrogen and oxygen atoms in total. The van der Waals surface area contributed by atoms with Crippen molar-refractivity contribution < 1.29 is 13.2 Å². The van der Waals surface area contributed by atoms with Crippen molar-refractivity contribution in [2.24, 2.45) is 0 Å². The molecule has 0 aliphatic heterocycles. The molecule has 2 aromatic heterocycles. The second kappa shape index (κ2) is 5.33. The number of nitrogens with one attached hydrogen (secondary N) is 1. The highest BCUT2D eigenvalue weighted by atomic mass is 79.9. The van der Waals surface area contributed by atoms with E-state index in [2.05, 4.69) is 30.9 Å². The summed E-state index contributed by atoms with van der Waals surface area (Å²) in [5.41, 5.74) is -1.20. The smallest absolute Gasteiger partial charge is 0.312 e. The summed E-state index contributed by atoms with van der Waals surface area (Å²) in [6, 6.07) is 2.15. The monoisotopic (exact) mass is 351 g/mol. The van der Waals surface area contributed by atoms with Crippen LogP contribution in [0.25, 0.3) is 0 Å². The standard InChI is InChI=1S/C10H5BrF3N3OS/c11-7-8(18)16-4-17-9(7)19-6-2-1-5(3-15-6)10(12,13)14/h1-4H,(H,16,17,18). The molecule has 0 aliphatic carbocycles. The van der Waals surface area contributed by atoms with Crippen molar-refractivity contribution in [3.05, 3.63) is 45.0 Å². The third kappa shape index (κ3) is 3.35. The Morgan fingerprint density at radius 1 is 1.26 bits per heavy atom. The van der Waals surface area contributed by atoms with E-state index >= 15 is 0 Å². The second-order valence-electron chi connectivity index (χ2n) is 3.34. The summed E-state index contributed by atoms with van der Waals surface area (Å²) < 4.78 is 37.3. The Hall–Kier alpha value is -1.35. The molecule has 0 atom stereocenters. The van der Waals surface area contributed by atoms with Gasteiger partial charge in [0.15, 0.2) is 0 Å². The van der Waals surface area contributed by atoms with E-state index < -0.39 is 11.7 Å². The Morgan fingerprint density at radius 3 is 2.58 bits per heavy atom. The summed E-state index contributed by atoms with van der Waals surface area (Å²) in [4.78, 5) is 21.2. The van der Waals surface area contributed by atoms with Crippen LogP contribution in [0.4, 0.5) is 13.2 Å². The first kappa shape index (κ1) is 14.1. The van der Waals surface area contributed by atoms with Gasteiger partial charge in [0, 0.05) is 6.20 Å². The third-order valence-corrected chi connectivity index (χ3v) is 3.98. The number of aromatic amines is 1. The van der Waals surface area contributed by atoms with Crippen molar-refractivity contribution in [2.75, 3.05) is 0 Å². The molecule has 0 saturated carbocycles. The molecule has 1 N–H and O–H groups in total. The van der Waals surface area contributed by atoms with Gasteiger partial charge in [0.2, 0.25) is 0 Å². The lowest BCUT2D eigenvalue weighted by molar-refractivity contribution is -0.137. The fraction of sp³-hybridized carbons (Fsp3) is 0.100. The number of rotatable bonds is 2. The fourth-order valence-corrected chi connectivity index (χ4v) is 2.33. The predicted octanol–water partition coefficient (Wildman–Crippen LogP) is 3.10. The minimum atomic E-state index is -4.42. The Balaban J connectivity index is 2.25. The average Bonchev–Trinajstić information content (AvgIpc) is 2.35. The number of H-pyrrole nitrogens is 1. The molecule has 2 aromatic rings. The molecule has 2 rings (SSSR count). The lowest BCUT2D eigenvalue weighted by Gasteiger charge is -2.06. The van der Waals surface area contributed by atoms with Crippen LogP contribution < -0.4 is 5.56 Å². The van der Waals surface area contributed by atoms with Gasteiger partial charge >= 0.3 is 6.18 Å². The maximum atomic E-state index is 12.4. The van der Waals surface area contributed by atoms with Crippen molar-refractivity contribution in [3.8, 4) is 0 Å². The molecule has 19 heavy (non-hydrogen) atoms. The Labute approximate surface area is 117 Å². The van der Waals surface area contributed by atoms with Gasteiger partial charge in [-0.3, -0.25) is 4.79 Å². The topological polar surface area (TPSA) is 58.6 Å². The Bertz CT molecular complexity index is 642. The average molecular weight is 352 g/mol. The molecule has 2 heterocycles. The van der Waals surface area contributed by atoms with E-state index in [1.807, 2.05) is 0 Å². The molecule has 0 amide bonds. The van der Waals surface area contributed by atoms with Crippen LogP contribution in [0.5, 0.6) is 0 Å². The zero-order valence-electron chi connectivity index (χ0n) is 9.03. The van der Waals surface area contributed by atoms with Gasteiger partial charge in [0.05, 0.1) is 11.9 Å². The van der Waals surface area contributed by atoms with Crippen LogP contribution in [0.3, 0.4) is 0 Å². The first-order valence-corrected chi connectivity index (χ1v) is 6.43. The molecule has 100 valence electrons. The fourth-order valence-electron chi connectivity index (χ4n) is 1.15. The van der Waals surface area contributed by atoms with Crippen LogP contribution >= 0.6 is 27.7 Å². The second-order valence-corrected chi connectivity index (χ2v) is 5.14. The Morgan fingerprint density at radius 2 is 2.00 bits per heavy atom. The van der Waals surface area contributed by atoms with Crippen molar-refractivity contribution >= 4 is 27.7 Å². The van der Waals surface area contributed by atoms with Gasteiger partial charge in [-0.25, -0.2) is 9.97 Å². The molecule has 0 bridgehead atoms. The van der Waals surface area contributed by atoms with E-state index in [1.165, 1.54) is 12.4 Å². The zero-order valence-corrected chi connectivity index (χ0v) is 11.4. The van der Waals surface area contributed by atoms with Gasteiger partial charge in [-0.1, -0.05) is 0 Å². The highest BCUT2D eigenvalue weighted by Gasteiger charge is 2.30. The minimum Gasteiger partial charge on any atom is -0.312 e. The third-order valence-electron chi connectivity index (χ3n) is 2.03. The Kier molecular flexibility index (Phi) is 3.95. The van der Waals surface area contributed by atoms with Crippen molar-refractivity contribution in [2.45, 2.75) is 16.2 Å². The highest BCUT2D eigenvalue weighted by molar-refractivity contribution is 9.10. The van der Waals surface area contributed by atoms with Gasteiger partial charge in [-0.2, -0.15) is 13.2 Å². The molecule has 0 aliphatic rings. The zero-order chi connectivity index (χ0) is 14.0. The molecular formula is C10H5BrF3N3OS. The molecule has 0 fully saturated rings. The summed E-state index contributed by atoms with van der Waals surface area (Å²) in [6.45, 7) is 0. The van der Waals surface area contributed by atoms with Crippen LogP contribution in [-0.4, -0.2) is 15.0 Å². The molecular weight excluding hydrogens is 347 g/mol. The number of pyridine rings is 1. The van der Waals surface area contributed by atoms with E-state index in [4.69, 9.17) is 0 Å². The van der Waals surface area contributed by atoms with E-state index in [-0.39, 0.29) is 10.0 Å². The normalized spacial score (nSPS) is 11.6. The van der Waals surface area contributed by atoms with Crippen molar-refractivity contribution in [3.63, 3.8) is 0 Å². The van der Waals surface area contributed by atoms with Gasteiger partial charge < -0.3 is 4.98 Å². The number of alkyl halides is 3. The summed E-state index contributed by atoms with van der Waals surface area (Å²) in [6.07, 6.45) is -2.47. The van der Waals surface area contributed by atoms with E-state index in [1.54, 1.807) is 0 Å². The van der Waals surface area contributed by atoms with Gasteiger partial charge in [0.25, 0.3) is 5.56 Å². The summed E-state index contributed by atoms with van der Waals surface area (Å²) >= 11 is 4.04. The number of hydrogen-bond acceptors (Lipinski definition) is 4. The van der Waals surface area contributed by atoms with Crippen molar-refractivity contribution in [1.29, 1.82) is 0 Å². The number of halogens is 4. The van der Waals surface area contributed by atoms with Crippen LogP contribution in [-0.2, 0) is 6.18 Å². The minimum absolute atomic E-state index is 0.210. The number of hydrogen-bond donors (Lipinski definition) is 1. The largest absolute Gasteiger partial charge is 0.417 e. The van der Waals surface area contributed by atoms with E-state index in [0.717, 1.165) is 24.0 Å². The SMILES string of the molecule is O=c1[nH]cnc(Sc2ccc(C(F)(F)F)cn2)c1Br. The highest BCUT2D eigenvalue weighted by Crippen LogP contribution is 2.32. The lowest BCUT2D eigenvalue weighted by atomic mass is 10.3. The van der Waals surface area contributed by atoms with Gasteiger partial charge in [-0.15, -0.1) is 0 Å². The molecule has 0 unspecified atom stereocenters. The van der Waals surface area contributed by atoms with E-state index in [0.29, 0.717) is 10.1 Å². The lowest BCUT2D eigenvalue weighted by Crippen LogP contribution is -2.08. The maximum Gasteiger partial charge on any atom is 0.417 e. The van der Waals surface area contributed by atoms with Gasteiger partial charge in [0.1, 0.15) is 14.5 Å². The predicted molar refractivity (Wildman–Crippen MR) is 65.9 cm³/mol. The number of aromatic nitrogens is 3. The van der Waals surface area contributed by atoms with Crippen LogP contribution in [0.15, 0.2) is 44.0 Å². The van der Waals surface area contributed by atoms with Gasteiger partial charge in [-0.05, 0) is 39.8 Å². The first-order valence-electron chi connectivity index (χ1n) is 4.82. The molecule has 0 radical (unpaired) electrons. The summed E-state index contributed by atoms with van der Waals surface area (Å²) in [5.74, 6) is 0. The number of nitrogens with zero attached hydrogens (tertiary/aromatic N) is 2.